The van der Waals surface area contributed by atoms with Crippen LogP contribution in [0.4, 0.5) is 10.5 Å². The first kappa shape index (κ1) is 24.1. The molecule has 0 radical (unpaired) electrons. The first-order valence-electron chi connectivity index (χ1n) is 9.48. The van der Waals surface area contributed by atoms with Gasteiger partial charge in [-0.2, -0.15) is 0 Å². The molecule has 0 unspecified atom stereocenters. The van der Waals surface area contributed by atoms with Gasteiger partial charge >= 0.3 is 12.1 Å². The monoisotopic (exact) mass is 457 g/mol. The predicted molar refractivity (Wildman–Crippen MR) is 106 cm³/mol. The van der Waals surface area contributed by atoms with E-state index in [-0.39, 0.29) is 45.0 Å². The number of nitro groups is 1. The largest absolute Gasteiger partial charge is 0.465 e. The number of benzene rings is 1. The lowest BCUT2D eigenvalue weighted by Crippen LogP contribution is -2.50. The standard InChI is InChI=1S/C18H23N3O9S/c1-3-29-16(22)12-31(27,28)15-6-5-13(11-14(15)21(25)26)17(23)19-7-9-20(10-8-19)18(24)30-4-2/h5-6,11H,3-4,7-10,12H2,1-2H3. The highest BCUT2D eigenvalue weighted by atomic mass is 32.2. The maximum atomic E-state index is 12.7. The number of nitrogens with zero attached hydrogens (tertiary/aromatic N) is 3. The number of amides is 2. The number of piperazine rings is 1. The first-order valence-corrected chi connectivity index (χ1v) is 11.1. The van der Waals surface area contributed by atoms with Crippen LogP contribution in [0.1, 0.15) is 24.2 Å². The van der Waals surface area contributed by atoms with Gasteiger partial charge in [-0.05, 0) is 26.0 Å². The molecule has 0 atom stereocenters. The van der Waals surface area contributed by atoms with Gasteiger partial charge in [0.05, 0.1) is 18.1 Å². The molecular formula is C18H23N3O9S. The zero-order valence-corrected chi connectivity index (χ0v) is 17.9. The molecule has 1 heterocycles. The molecule has 0 bridgehead atoms. The average Bonchev–Trinajstić information content (AvgIpc) is 2.72. The minimum absolute atomic E-state index is 0.0344. The third-order valence-electron chi connectivity index (χ3n) is 4.44. The van der Waals surface area contributed by atoms with Crippen molar-refractivity contribution in [2.75, 3.05) is 45.1 Å². The lowest BCUT2D eigenvalue weighted by Gasteiger charge is -2.34. The molecule has 0 spiro atoms. The minimum Gasteiger partial charge on any atom is -0.465 e. The van der Waals surface area contributed by atoms with Crippen LogP contribution in [0, 0.1) is 10.1 Å². The summed E-state index contributed by atoms with van der Waals surface area (Å²) >= 11 is 0. The summed E-state index contributed by atoms with van der Waals surface area (Å²) < 4.78 is 34.4. The summed E-state index contributed by atoms with van der Waals surface area (Å²) in [4.78, 5) is 48.7. The number of nitro benzene ring substituents is 1. The van der Waals surface area contributed by atoms with E-state index in [2.05, 4.69) is 4.74 Å². The molecule has 1 aromatic carbocycles. The van der Waals surface area contributed by atoms with Gasteiger partial charge < -0.3 is 19.3 Å². The Bertz CT molecular complexity index is 969. The molecule has 1 aromatic rings. The zero-order valence-electron chi connectivity index (χ0n) is 17.1. The van der Waals surface area contributed by atoms with Crippen molar-refractivity contribution < 1.29 is 37.2 Å². The molecule has 0 saturated carbocycles. The fourth-order valence-electron chi connectivity index (χ4n) is 2.98. The molecule has 1 aliphatic heterocycles. The Balaban J connectivity index is 2.21. The van der Waals surface area contributed by atoms with Crippen molar-refractivity contribution >= 4 is 33.5 Å². The fourth-order valence-corrected chi connectivity index (χ4v) is 4.26. The number of esters is 1. The molecule has 31 heavy (non-hydrogen) atoms. The van der Waals surface area contributed by atoms with Gasteiger partial charge in [0.25, 0.3) is 11.6 Å². The van der Waals surface area contributed by atoms with E-state index in [1.807, 2.05) is 0 Å². The Labute approximate surface area is 178 Å². The predicted octanol–water partition coefficient (Wildman–Crippen LogP) is 0.846. The van der Waals surface area contributed by atoms with Crippen LogP contribution in [0.3, 0.4) is 0 Å². The summed E-state index contributed by atoms with van der Waals surface area (Å²) in [6, 6.07) is 2.97. The summed E-state index contributed by atoms with van der Waals surface area (Å²) in [5.74, 6) is -2.62. The number of hydrogen-bond acceptors (Lipinski definition) is 9. The summed E-state index contributed by atoms with van der Waals surface area (Å²) in [5.41, 5.74) is -0.883. The van der Waals surface area contributed by atoms with E-state index in [0.717, 1.165) is 18.2 Å². The van der Waals surface area contributed by atoms with Crippen LogP contribution in [0.2, 0.25) is 0 Å². The van der Waals surface area contributed by atoms with Crippen LogP contribution in [0.15, 0.2) is 23.1 Å². The van der Waals surface area contributed by atoms with Gasteiger partial charge in [-0.15, -0.1) is 0 Å². The van der Waals surface area contributed by atoms with Crippen molar-refractivity contribution in [1.29, 1.82) is 0 Å². The molecule has 0 aromatic heterocycles. The molecular weight excluding hydrogens is 434 g/mol. The van der Waals surface area contributed by atoms with Crippen LogP contribution in [0.25, 0.3) is 0 Å². The van der Waals surface area contributed by atoms with Gasteiger partial charge in [0.1, 0.15) is 4.90 Å². The smallest absolute Gasteiger partial charge is 0.409 e. The van der Waals surface area contributed by atoms with Gasteiger partial charge in [0, 0.05) is 37.8 Å². The van der Waals surface area contributed by atoms with E-state index >= 15 is 0 Å². The Hall–Kier alpha value is -3.22. The third-order valence-corrected chi connectivity index (χ3v) is 6.07. The van der Waals surface area contributed by atoms with Crippen molar-refractivity contribution in [3.05, 3.63) is 33.9 Å². The molecule has 2 amide bonds. The molecule has 0 aliphatic carbocycles. The number of carbonyl (C=O) groups excluding carboxylic acids is 3. The second-order valence-electron chi connectivity index (χ2n) is 6.48. The summed E-state index contributed by atoms with van der Waals surface area (Å²) in [6.07, 6.45) is -0.485. The molecule has 1 aliphatic rings. The molecule has 1 fully saturated rings. The maximum absolute atomic E-state index is 12.7. The number of ether oxygens (including phenoxy) is 2. The van der Waals surface area contributed by atoms with Gasteiger partial charge in [-0.1, -0.05) is 0 Å². The van der Waals surface area contributed by atoms with Crippen LogP contribution >= 0.6 is 0 Å². The lowest BCUT2D eigenvalue weighted by molar-refractivity contribution is -0.387. The Morgan fingerprint density at radius 2 is 1.61 bits per heavy atom. The van der Waals surface area contributed by atoms with Crippen LogP contribution in [-0.2, 0) is 24.1 Å². The average molecular weight is 457 g/mol. The normalized spacial score (nSPS) is 14.1. The summed E-state index contributed by atoms with van der Waals surface area (Å²) in [7, 11) is -4.35. The molecule has 0 N–H and O–H groups in total. The second-order valence-corrected chi connectivity index (χ2v) is 8.44. The Morgan fingerprint density at radius 1 is 1.03 bits per heavy atom. The van der Waals surface area contributed by atoms with E-state index in [1.165, 1.54) is 16.7 Å². The van der Waals surface area contributed by atoms with Crippen molar-refractivity contribution in [3.63, 3.8) is 0 Å². The van der Waals surface area contributed by atoms with Crippen molar-refractivity contribution in [3.8, 4) is 0 Å². The first-order chi connectivity index (χ1) is 14.6. The third kappa shape index (κ3) is 5.90. The summed E-state index contributed by atoms with van der Waals surface area (Å²) in [5, 5.41) is 11.5. The quantitative estimate of drug-likeness (QED) is 0.329. The maximum Gasteiger partial charge on any atom is 0.409 e. The van der Waals surface area contributed by atoms with Gasteiger partial charge in [-0.3, -0.25) is 19.7 Å². The zero-order chi connectivity index (χ0) is 23.2. The second kappa shape index (κ2) is 10.2. The molecule has 170 valence electrons. The highest BCUT2D eigenvalue weighted by molar-refractivity contribution is 7.92. The van der Waals surface area contributed by atoms with E-state index in [9.17, 15) is 32.9 Å². The SMILES string of the molecule is CCOC(=O)CS(=O)(=O)c1ccc(C(=O)N2CCN(C(=O)OCC)CC2)cc1[N+](=O)[O-]. The Morgan fingerprint density at radius 3 is 2.16 bits per heavy atom. The summed E-state index contributed by atoms with van der Waals surface area (Å²) in [6.45, 7) is 4.22. The van der Waals surface area contributed by atoms with E-state index < -0.39 is 49.1 Å². The van der Waals surface area contributed by atoms with E-state index in [1.54, 1.807) is 6.92 Å². The topological polar surface area (TPSA) is 153 Å². The number of rotatable bonds is 7. The van der Waals surface area contributed by atoms with E-state index in [4.69, 9.17) is 4.74 Å². The van der Waals surface area contributed by atoms with Crippen LogP contribution < -0.4 is 0 Å². The molecule has 1 saturated heterocycles. The highest BCUT2D eigenvalue weighted by Crippen LogP contribution is 2.27. The molecule has 2 rings (SSSR count). The van der Waals surface area contributed by atoms with Crippen molar-refractivity contribution in [1.82, 2.24) is 9.80 Å². The van der Waals surface area contributed by atoms with Crippen molar-refractivity contribution in [2.45, 2.75) is 18.7 Å². The Kier molecular flexibility index (Phi) is 7.91. The van der Waals surface area contributed by atoms with Crippen LogP contribution in [0.5, 0.6) is 0 Å². The van der Waals surface area contributed by atoms with Crippen LogP contribution in [-0.4, -0.2) is 86.3 Å². The minimum atomic E-state index is -4.35. The van der Waals surface area contributed by atoms with Gasteiger partial charge in [-0.25, -0.2) is 13.2 Å². The molecule has 12 nitrogen and oxygen atoms in total. The van der Waals surface area contributed by atoms with E-state index in [0.29, 0.717) is 0 Å². The molecule has 13 heteroatoms. The highest BCUT2D eigenvalue weighted by Gasteiger charge is 2.31. The lowest BCUT2D eigenvalue weighted by atomic mass is 10.1. The van der Waals surface area contributed by atoms with Crippen molar-refractivity contribution in [2.24, 2.45) is 0 Å². The number of sulfone groups is 1. The number of carbonyl (C=O) groups is 3. The van der Waals surface area contributed by atoms with Gasteiger partial charge in [0.2, 0.25) is 0 Å². The number of hydrogen-bond donors (Lipinski definition) is 0. The fraction of sp³-hybridized carbons (Fsp3) is 0.500. The van der Waals surface area contributed by atoms with Gasteiger partial charge in [0.15, 0.2) is 15.6 Å².